The molecule has 0 unspecified atom stereocenters. The van der Waals surface area contributed by atoms with Crippen molar-refractivity contribution in [3.8, 4) is 0 Å². The Hall–Kier alpha value is -1.11. The molecule has 1 aromatic heterocycles. The SMILES string of the molecule is CCn1c(CN)nnc1SCc1ccc(F)cc1Cl. The van der Waals surface area contributed by atoms with Crippen LogP contribution in [0.1, 0.15) is 18.3 Å². The van der Waals surface area contributed by atoms with Crippen LogP contribution in [0.3, 0.4) is 0 Å². The summed E-state index contributed by atoms with van der Waals surface area (Å²) in [5.41, 5.74) is 6.46. The maximum atomic E-state index is 12.9. The molecular formula is C12H14ClFN4S. The van der Waals surface area contributed by atoms with Crippen LogP contribution in [0.4, 0.5) is 4.39 Å². The first kappa shape index (κ1) is 14.3. The molecule has 0 aliphatic heterocycles. The predicted molar refractivity (Wildman–Crippen MR) is 74.6 cm³/mol. The van der Waals surface area contributed by atoms with Gasteiger partial charge in [0.05, 0.1) is 6.54 Å². The summed E-state index contributed by atoms with van der Waals surface area (Å²) in [6, 6.07) is 4.39. The number of hydrogen-bond donors (Lipinski definition) is 1. The number of thioether (sulfide) groups is 1. The predicted octanol–water partition coefficient (Wildman–Crippen LogP) is 2.84. The summed E-state index contributed by atoms with van der Waals surface area (Å²) in [6.07, 6.45) is 0. The molecule has 0 fully saturated rings. The highest BCUT2D eigenvalue weighted by atomic mass is 35.5. The Kier molecular flexibility index (Phi) is 4.79. The summed E-state index contributed by atoms with van der Waals surface area (Å²) in [5, 5.41) is 9.35. The Morgan fingerprint density at radius 3 is 2.84 bits per heavy atom. The van der Waals surface area contributed by atoms with Gasteiger partial charge in [-0.1, -0.05) is 29.4 Å². The third kappa shape index (κ3) is 3.26. The molecule has 102 valence electrons. The largest absolute Gasteiger partial charge is 0.324 e. The van der Waals surface area contributed by atoms with Crippen molar-refractivity contribution in [1.29, 1.82) is 0 Å². The molecule has 0 aliphatic rings. The highest BCUT2D eigenvalue weighted by Crippen LogP contribution is 2.26. The van der Waals surface area contributed by atoms with Gasteiger partial charge in [-0.2, -0.15) is 0 Å². The van der Waals surface area contributed by atoms with E-state index >= 15 is 0 Å². The molecule has 0 aliphatic carbocycles. The van der Waals surface area contributed by atoms with E-state index in [9.17, 15) is 4.39 Å². The zero-order valence-corrected chi connectivity index (χ0v) is 12.0. The van der Waals surface area contributed by atoms with Gasteiger partial charge in [0, 0.05) is 17.3 Å². The van der Waals surface area contributed by atoms with Gasteiger partial charge in [-0.05, 0) is 24.6 Å². The first-order chi connectivity index (χ1) is 9.15. The normalized spacial score (nSPS) is 10.9. The number of nitrogens with zero attached hydrogens (tertiary/aromatic N) is 3. The van der Waals surface area contributed by atoms with E-state index < -0.39 is 0 Å². The molecule has 0 saturated carbocycles. The molecule has 2 N–H and O–H groups in total. The van der Waals surface area contributed by atoms with Crippen molar-refractivity contribution >= 4 is 23.4 Å². The van der Waals surface area contributed by atoms with Crippen molar-refractivity contribution in [2.75, 3.05) is 0 Å². The highest BCUT2D eigenvalue weighted by Gasteiger charge is 2.11. The molecule has 1 heterocycles. The summed E-state index contributed by atoms with van der Waals surface area (Å²) >= 11 is 7.49. The van der Waals surface area contributed by atoms with Crippen LogP contribution in [0.25, 0.3) is 0 Å². The molecule has 0 saturated heterocycles. The molecule has 1 aromatic carbocycles. The second-order valence-electron chi connectivity index (χ2n) is 3.87. The lowest BCUT2D eigenvalue weighted by Crippen LogP contribution is -2.08. The number of benzene rings is 1. The average molecular weight is 301 g/mol. The Balaban J connectivity index is 2.12. The number of hydrogen-bond acceptors (Lipinski definition) is 4. The minimum Gasteiger partial charge on any atom is -0.324 e. The van der Waals surface area contributed by atoms with Crippen molar-refractivity contribution in [2.24, 2.45) is 5.73 Å². The summed E-state index contributed by atoms with van der Waals surface area (Å²) in [4.78, 5) is 0. The number of nitrogens with two attached hydrogens (primary N) is 1. The lowest BCUT2D eigenvalue weighted by Gasteiger charge is -2.07. The molecule has 0 bridgehead atoms. The van der Waals surface area contributed by atoms with Gasteiger partial charge >= 0.3 is 0 Å². The minimum atomic E-state index is -0.333. The fourth-order valence-electron chi connectivity index (χ4n) is 1.68. The van der Waals surface area contributed by atoms with Gasteiger partial charge in [-0.15, -0.1) is 10.2 Å². The third-order valence-corrected chi connectivity index (χ3v) is 4.03. The van der Waals surface area contributed by atoms with Gasteiger partial charge in [0.15, 0.2) is 5.16 Å². The van der Waals surface area contributed by atoms with Crippen LogP contribution >= 0.6 is 23.4 Å². The molecule has 0 atom stereocenters. The minimum absolute atomic E-state index is 0.333. The lowest BCUT2D eigenvalue weighted by atomic mass is 10.2. The summed E-state index contributed by atoms with van der Waals surface area (Å²) < 4.78 is 14.9. The van der Waals surface area contributed by atoms with Crippen LogP contribution in [0, 0.1) is 5.82 Å². The fraction of sp³-hybridized carbons (Fsp3) is 0.333. The van der Waals surface area contributed by atoms with Crippen LogP contribution in [0.2, 0.25) is 5.02 Å². The van der Waals surface area contributed by atoms with Crippen LogP contribution in [-0.2, 0) is 18.8 Å². The van der Waals surface area contributed by atoms with E-state index in [0.717, 1.165) is 23.1 Å². The van der Waals surface area contributed by atoms with Crippen LogP contribution in [-0.4, -0.2) is 14.8 Å². The quantitative estimate of drug-likeness (QED) is 0.863. The topological polar surface area (TPSA) is 56.7 Å². The highest BCUT2D eigenvalue weighted by molar-refractivity contribution is 7.98. The molecule has 0 amide bonds. The van der Waals surface area contributed by atoms with Gasteiger partial charge in [-0.3, -0.25) is 0 Å². The second kappa shape index (κ2) is 6.36. The Bertz CT molecular complexity index is 573. The summed E-state index contributed by atoms with van der Waals surface area (Å²) in [7, 11) is 0. The zero-order valence-electron chi connectivity index (χ0n) is 10.4. The lowest BCUT2D eigenvalue weighted by molar-refractivity contribution is 0.627. The van der Waals surface area contributed by atoms with Crippen molar-refractivity contribution in [2.45, 2.75) is 30.9 Å². The molecule has 19 heavy (non-hydrogen) atoms. The summed E-state index contributed by atoms with van der Waals surface area (Å²) in [5.74, 6) is 1.04. The van der Waals surface area contributed by atoms with E-state index in [-0.39, 0.29) is 5.82 Å². The average Bonchev–Trinajstić information content (AvgIpc) is 2.79. The second-order valence-corrected chi connectivity index (χ2v) is 5.22. The Morgan fingerprint density at radius 2 is 2.21 bits per heavy atom. The van der Waals surface area contributed by atoms with Gasteiger partial charge in [0.25, 0.3) is 0 Å². The van der Waals surface area contributed by atoms with Crippen molar-refractivity contribution < 1.29 is 4.39 Å². The molecule has 2 rings (SSSR count). The first-order valence-electron chi connectivity index (χ1n) is 5.84. The van der Waals surface area contributed by atoms with Crippen LogP contribution < -0.4 is 5.73 Å². The van der Waals surface area contributed by atoms with Gasteiger partial charge in [0.1, 0.15) is 11.6 Å². The van der Waals surface area contributed by atoms with Crippen LogP contribution in [0.5, 0.6) is 0 Å². The number of halogens is 2. The number of aromatic nitrogens is 3. The first-order valence-corrected chi connectivity index (χ1v) is 7.21. The molecule has 0 radical (unpaired) electrons. The van der Waals surface area contributed by atoms with Crippen LogP contribution in [0.15, 0.2) is 23.4 Å². The monoisotopic (exact) mass is 300 g/mol. The van der Waals surface area contributed by atoms with E-state index in [4.69, 9.17) is 17.3 Å². The Morgan fingerprint density at radius 1 is 1.42 bits per heavy atom. The fourth-order valence-corrected chi connectivity index (χ4v) is 3.01. The molecule has 4 nitrogen and oxygen atoms in total. The van der Waals surface area contributed by atoms with Gasteiger partial charge in [-0.25, -0.2) is 4.39 Å². The summed E-state index contributed by atoms with van der Waals surface area (Å²) in [6.45, 7) is 3.13. The van der Waals surface area contributed by atoms with Crippen molar-refractivity contribution in [1.82, 2.24) is 14.8 Å². The van der Waals surface area contributed by atoms with Gasteiger partial charge < -0.3 is 10.3 Å². The third-order valence-electron chi connectivity index (χ3n) is 2.66. The smallest absolute Gasteiger partial charge is 0.191 e. The maximum Gasteiger partial charge on any atom is 0.191 e. The van der Waals surface area contributed by atoms with E-state index in [2.05, 4.69) is 10.2 Å². The van der Waals surface area contributed by atoms with Crippen molar-refractivity contribution in [3.63, 3.8) is 0 Å². The maximum absolute atomic E-state index is 12.9. The molecule has 7 heteroatoms. The standard InChI is InChI=1S/C12H14ClFN4S/c1-2-18-11(6-15)16-17-12(18)19-7-8-3-4-9(14)5-10(8)13/h3-5H,2,6-7,15H2,1H3. The van der Waals surface area contributed by atoms with E-state index in [1.807, 2.05) is 11.5 Å². The van der Waals surface area contributed by atoms with Gasteiger partial charge in [0.2, 0.25) is 0 Å². The molecule has 0 spiro atoms. The number of rotatable bonds is 5. The zero-order chi connectivity index (χ0) is 13.8. The molecule has 2 aromatic rings. The van der Waals surface area contributed by atoms with Crippen molar-refractivity contribution in [3.05, 3.63) is 40.4 Å². The molecular weight excluding hydrogens is 287 g/mol. The Labute approximate surface area is 120 Å². The van der Waals surface area contributed by atoms with E-state index in [0.29, 0.717) is 17.3 Å². The van der Waals surface area contributed by atoms with E-state index in [1.54, 1.807) is 6.07 Å². The van der Waals surface area contributed by atoms with E-state index in [1.165, 1.54) is 23.9 Å².